The molecule has 0 fully saturated rings. The van der Waals surface area contributed by atoms with Crippen LogP contribution in [0.25, 0.3) is 0 Å². The van der Waals surface area contributed by atoms with Crippen molar-refractivity contribution in [3.05, 3.63) is 0 Å². The molecule has 3 N–H and O–H groups in total. The molecule has 17 nitrogen and oxygen atoms in total. The Labute approximate surface area is 562 Å². The van der Waals surface area contributed by atoms with Gasteiger partial charge >= 0.3 is 39.5 Å². The molecule has 0 aromatic rings. The van der Waals surface area contributed by atoms with Gasteiger partial charge in [0, 0.05) is 25.7 Å². The van der Waals surface area contributed by atoms with Crippen molar-refractivity contribution in [1.82, 2.24) is 0 Å². The van der Waals surface area contributed by atoms with Crippen LogP contribution in [0.2, 0.25) is 0 Å². The van der Waals surface area contributed by atoms with Gasteiger partial charge in [0.05, 0.1) is 26.4 Å². The molecule has 7 atom stereocenters. The summed E-state index contributed by atoms with van der Waals surface area (Å²) in [6.07, 6.45) is 48.7. The lowest BCUT2D eigenvalue weighted by Gasteiger charge is -2.21. The average Bonchev–Trinajstić information content (AvgIpc) is 3.73. The summed E-state index contributed by atoms with van der Waals surface area (Å²) in [7, 11) is -9.90. The average molecular weight is 1350 g/mol. The minimum atomic E-state index is -4.95. The van der Waals surface area contributed by atoms with E-state index in [0.29, 0.717) is 25.7 Å². The van der Waals surface area contributed by atoms with E-state index in [1.165, 1.54) is 167 Å². The zero-order chi connectivity index (χ0) is 68.0. The van der Waals surface area contributed by atoms with Gasteiger partial charge in [-0.3, -0.25) is 37.3 Å². The Morgan fingerprint density at radius 2 is 0.554 bits per heavy atom. The van der Waals surface area contributed by atoms with Gasteiger partial charge in [0.2, 0.25) is 0 Å². The number of unbranched alkanes of at least 4 members (excludes halogenated alkanes) is 37. The number of phosphoric acid groups is 2. The third-order valence-electron chi connectivity index (χ3n) is 17.6. The second-order valence-electron chi connectivity index (χ2n) is 27.3. The molecule has 0 heterocycles. The summed E-state index contributed by atoms with van der Waals surface area (Å²) >= 11 is 0. The Kier molecular flexibility index (Phi) is 62.4. The third-order valence-corrected chi connectivity index (χ3v) is 19.5. The third kappa shape index (κ3) is 64.1. The molecule has 0 saturated heterocycles. The number of aliphatic hydroxyl groups excluding tert-OH is 1. The van der Waals surface area contributed by atoms with Gasteiger partial charge in [-0.05, 0) is 43.4 Å². The molecule has 4 unspecified atom stereocenters. The highest BCUT2D eigenvalue weighted by Crippen LogP contribution is 2.45. The number of phosphoric ester groups is 2. The van der Waals surface area contributed by atoms with Crippen LogP contribution < -0.4 is 0 Å². The van der Waals surface area contributed by atoms with E-state index in [-0.39, 0.29) is 25.7 Å². The molecule has 0 aliphatic carbocycles. The topological polar surface area (TPSA) is 237 Å². The normalized spacial score (nSPS) is 14.7. The molecule has 0 aromatic heterocycles. The number of esters is 4. The molecule has 0 saturated carbocycles. The standard InChI is InChI=1S/C73H142O17P2/c1-8-11-12-13-30-40-47-54-70(75)83-60-68(90-73(78)57-50-43-36-29-27-33-39-46-53-66(7)10-3)62-87-91(79,80)85-58-67(74)59-86-92(81,82)88-63-69(61-84-71(76)55-48-41-34-28-26-32-38-45-52-65(6)9-2)89-72(77)56-49-42-35-25-23-21-19-17-15-14-16-18-20-22-24-31-37-44-51-64(4)5/h64-69,74H,8-63H2,1-7H3,(H,79,80)(H,81,82)/t65?,66?,67-,68+,69+/m0/s1. The highest BCUT2D eigenvalue weighted by molar-refractivity contribution is 7.47. The number of hydrogen-bond acceptors (Lipinski definition) is 15. The summed E-state index contributed by atoms with van der Waals surface area (Å²) in [4.78, 5) is 72.5. The Morgan fingerprint density at radius 3 is 0.826 bits per heavy atom. The monoisotopic (exact) mass is 1350 g/mol. The van der Waals surface area contributed by atoms with Crippen molar-refractivity contribution in [2.75, 3.05) is 39.6 Å². The second kappa shape index (κ2) is 63.8. The highest BCUT2D eigenvalue weighted by atomic mass is 31.2. The van der Waals surface area contributed by atoms with Gasteiger partial charge in [-0.25, -0.2) is 9.13 Å². The van der Waals surface area contributed by atoms with E-state index in [1.54, 1.807) is 0 Å². The predicted molar refractivity (Wildman–Crippen MR) is 372 cm³/mol. The van der Waals surface area contributed by atoms with Crippen LogP contribution in [0.4, 0.5) is 0 Å². The van der Waals surface area contributed by atoms with Crippen molar-refractivity contribution in [3.63, 3.8) is 0 Å². The smallest absolute Gasteiger partial charge is 0.462 e. The van der Waals surface area contributed by atoms with Crippen molar-refractivity contribution in [1.29, 1.82) is 0 Å². The second-order valence-corrected chi connectivity index (χ2v) is 30.2. The van der Waals surface area contributed by atoms with E-state index in [9.17, 15) is 43.2 Å². The minimum absolute atomic E-state index is 0.104. The lowest BCUT2D eigenvalue weighted by molar-refractivity contribution is -0.161. The van der Waals surface area contributed by atoms with Gasteiger partial charge in [0.15, 0.2) is 12.2 Å². The van der Waals surface area contributed by atoms with Crippen molar-refractivity contribution in [3.8, 4) is 0 Å². The molecule has 0 radical (unpaired) electrons. The zero-order valence-corrected chi connectivity index (χ0v) is 61.8. The summed E-state index contributed by atoms with van der Waals surface area (Å²) in [6, 6.07) is 0. The van der Waals surface area contributed by atoms with Crippen LogP contribution in [0.3, 0.4) is 0 Å². The first kappa shape index (κ1) is 90.1. The maximum absolute atomic E-state index is 13.0. The predicted octanol–water partition coefficient (Wildman–Crippen LogP) is 21.0. The quantitative estimate of drug-likeness (QED) is 0.0222. The van der Waals surface area contributed by atoms with Gasteiger partial charge in [0.1, 0.15) is 19.3 Å². The Bertz CT molecular complexity index is 1810. The molecular formula is C73H142O17P2. The van der Waals surface area contributed by atoms with Gasteiger partial charge in [-0.2, -0.15) is 0 Å². The molecule has 0 aromatic carbocycles. The van der Waals surface area contributed by atoms with E-state index in [0.717, 1.165) is 120 Å². The van der Waals surface area contributed by atoms with Crippen LogP contribution in [0.1, 0.15) is 370 Å². The first-order chi connectivity index (χ1) is 44.3. The lowest BCUT2D eigenvalue weighted by atomic mass is 9.99. The Hall–Kier alpha value is -1.94. The fourth-order valence-corrected chi connectivity index (χ4v) is 12.6. The lowest BCUT2D eigenvalue weighted by Crippen LogP contribution is -2.30. The van der Waals surface area contributed by atoms with Gasteiger partial charge < -0.3 is 33.8 Å². The maximum atomic E-state index is 13.0. The first-order valence-corrected chi connectivity index (χ1v) is 40.9. The molecule has 0 aliphatic rings. The largest absolute Gasteiger partial charge is 0.472 e. The van der Waals surface area contributed by atoms with E-state index in [4.69, 9.17) is 37.0 Å². The SMILES string of the molecule is CCCCCCCCCC(=O)OC[C@H](COP(=O)(O)OC[C@H](O)COP(=O)(O)OC[C@@H](COC(=O)CCCCCCCCCCC(C)CC)OC(=O)CCCCCCCCCCCCCCCCCCCCC(C)C)OC(=O)CCCCCCCCCCC(C)CC. The fraction of sp³-hybridized carbons (Fsp3) is 0.945. The molecule has 0 rings (SSSR count). The van der Waals surface area contributed by atoms with E-state index >= 15 is 0 Å². The summed E-state index contributed by atoms with van der Waals surface area (Å²) in [6.45, 7) is 11.9. The van der Waals surface area contributed by atoms with Crippen molar-refractivity contribution >= 4 is 39.5 Å². The summed E-state index contributed by atoms with van der Waals surface area (Å²) in [5.41, 5.74) is 0. The molecule has 0 bridgehead atoms. The van der Waals surface area contributed by atoms with Gasteiger partial charge in [0.25, 0.3) is 0 Å². The first-order valence-electron chi connectivity index (χ1n) is 37.9. The molecule has 546 valence electrons. The van der Waals surface area contributed by atoms with Gasteiger partial charge in [-0.1, -0.05) is 318 Å². The maximum Gasteiger partial charge on any atom is 0.472 e. The number of carbonyl (C=O) groups excluding carboxylic acids is 4. The van der Waals surface area contributed by atoms with E-state index < -0.39 is 97.5 Å². The number of rotatable bonds is 71. The molecule has 92 heavy (non-hydrogen) atoms. The van der Waals surface area contributed by atoms with Crippen LogP contribution in [0.15, 0.2) is 0 Å². The van der Waals surface area contributed by atoms with Crippen LogP contribution in [0.5, 0.6) is 0 Å². The van der Waals surface area contributed by atoms with Crippen LogP contribution in [0, 0.1) is 17.8 Å². The fourth-order valence-electron chi connectivity index (χ4n) is 11.0. The summed E-state index contributed by atoms with van der Waals surface area (Å²) in [5.74, 6) is 0.239. The van der Waals surface area contributed by atoms with Crippen LogP contribution in [-0.4, -0.2) is 96.7 Å². The molecule has 19 heteroatoms. The number of hydrogen-bond donors (Lipinski definition) is 3. The number of aliphatic hydroxyl groups is 1. The van der Waals surface area contributed by atoms with Crippen molar-refractivity contribution < 1.29 is 80.2 Å². The minimum Gasteiger partial charge on any atom is -0.462 e. The molecule has 0 aliphatic heterocycles. The van der Waals surface area contributed by atoms with Crippen LogP contribution in [-0.2, 0) is 65.4 Å². The van der Waals surface area contributed by atoms with Crippen molar-refractivity contribution in [2.24, 2.45) is 17.8 Å². The number of carbonyl (C=O) groups is 4. The molecule has 0 amide bonds. The van der Waals surface area contributed by atoms with Crippen molar-refractivity contribution in [2.45, 2.75) is 388 Å². The van der Waals surface area contributed by atoms with Crippen LogP contribution >= 0.6 is 15.6 Å². The number of ether oxygens (including phenoxy) is 4. The highest BCUT2D eigenvalue weighted by Gasteiger charge is 2.30. The zero-order valence-electron chi connectivity index (χ0n) is 60.0. The Balaban J connectivity index is 5.16. The summed E-state index contributed by atoms with van der Waals surface area (Å²) < 4.78 is 68.3. The Morgan fingerprint density at radius 1 is 0.315 bits per heavy atom. The summed E-state index contributed by atoms with van der Waals surface area (Å²) in [5, 5.41) is 10.6. The molecule has 0 spiro atoms. The molecular weight excluding hydrogens is 1210 g/mol. The van der Waals surface area contributed by atoms with Gasteiger partial charge in [-0.15, -0.1) is 0 Å². The van der Waals surface area contributed by atoms with E-state index in [2.05, 4.69) is 48.5 Å². The van der Waals surface area contributed by atoms with E-state index in [1.807, 2.05) is 0 Å².